The van der Waals surface area contributed by atoms with Gasteiger partial charge in [0.15, 0.2) is 17.2 Å². The van der Waals surface area contributed by atoms with E-state index in [-0.39, 0.29) is 11.5 Å². The molecule has 0 amide bonds. The lowest BCUT2D eigenvalue weighted by atomic mass is 10.00. The Balaban J connectivity index is 0.000000140. The minimum absolute atomic E-state index is 0.0194. The Morgan fingerprint density at radius 3 is 1.71 bits per heavy atom. The second-order valence-corrected chi connectivity index (χ2v) is 14.2. The van der Waals surface area contributed by atoms with E-state index in [2.05, 4.69) is 69.4 Å². The highest BCUT2D eigenvalue weighted by Crippen LogP contribution is 2.31. The molecule has 0 spiro atoms. The zero-order chi connectivity index (χ0) is 40.6. The van der Waals surface area contributed by atoms with E-state index in [0.717, 1.165) is 77.4 Å². The van der Waals surface area contributed by atoms with E-state index in [4.69, 9.17) is 19.9 Å². The first kappa shape index (κ1) is 38.7. The quantitative estimate of drug-likeness (QED) is 0.115. The molecule has 0 atom stereocenters. The molecule has 16 heteroatoms. The summed E-state index contributed by atoms with van der Waals surface area (Å²) in [5.74, 6) is 2.07. The third kappa shape index (κ3) is 8.72. The smallest absolute Gasteiger partial charge is 0.358 e. The topological polar surface area (TPSA) is 222 Å². The normalized spacial score (nSPS) is 13.2. The molecule has 59 heavy (non-hydrogen) atoms. The number of benzene rings is 2. The van der Waals surface area contributed by atoms with Gasteiger partial charge in [-0.05, 0) is 49.1 Å². The molecule has 0 aliphatic carbocycles. The summed E-state index contributed by atoms with van der Waals surface area (Å²) >= 11 is 0. The van der Waals surface area contributed by atoms with Crippen molar-refractivity contribution in [1.29, 1.82) is 0 Å². The number of ketones is 1. The molecule has 5 N–H and O–H groups in total. The molecule has 16 nitrogen and oxygen atoms in total. The number of hydrogen-bond acceptors (Lipinski definition) is 13. The number of aryl methyl sites for hydroxylation is 1. The van der Waals surface area contributed by atoms with Gasteiger partial charge in [-0.1, -0.05) is 71.0 Å². The number of rotatable bonds is 10. The van der Waals surface area contributed by atoms with Crippen LogP contribution in [0.3, 0.4) is 0 Å². The molecule has 10 rings (SSSR count). The fourth-order valence-electron chi connectivity index (χ4n) is 7.42. The number of Topliss-reactive ketones (excluding diaryl/α,β-unsaturated/α-hetero) is 1. The molecule has 300 valence electrons. The van der Waals surface area contributed by atoms with Crippen molar-refractivity contribution in [2.24, 2.45) is 5.73 Å². The van der Waals surface area contributed by atoms with Crippen LogP contribution in [0.25, 0.3) is 22.1 Å². The third-order valence-corrected chi connectivity index (χ3v) is 10.4. The molecule has 0 unspecified atom stereocenters. The minimum atomic E-state index is -1.07. The summed E-state index contributed by atoms with van der Waals surface area (Å²) in [5, 5.41) is 18.8. The lowest BCUT2D eigenvalue weighted by Crippen LogP contribution is -2.31. The van der Waals surface area contributed by atoms with Crippen molar-refractivity contribution >= 4 is 45.5 Å². The van der Waals surface area contributed by atoms with Crippen LogP contribution in [0.4, 0.5) is 11.6 Å². The van der Waals surface area contributed by atoms with Crippen LogP contribution >= 0.6 is 0 Å². The third-order valence-electron chi connectivity index (χ3n) is 10.4. The van der Waals surface area contributed by atoms with Crippen molar-refractivity contribution in [3.63, 3.8) is 0 Å². The second kappa shape index (κ2) is 17.9. The number of anilines is 2. The number of nitrogens with one attached hydrogen (secondary N) is 2. The van der Waals surface area contributed by atoms with Crippen molar-refractivity contribution < 1.29 is 23.7 Å². The molecule has 0 saturated carbocycles. The average Bonchev–Trinajstić information content (AvgIpc) is 4.11. The van der Waals surface area contributed by atoms with Crippen LogP contribution in [0.5, 0.6) is 0 Å². The van der Waals surface area contributed by atoms with E-state index in [0.29, 0.717) is 55.9 Å². The van der Waals surface area contributed by atoms with Crippen molar-refractivity contribution in [1.82, 2.24) is 40.2 Å². The number of fused-ring (bicyclic) bond motifs is 4. The number of H-pyrrole nitrogens is 2. The monoisotopic (exact) mass is 793 g/mol. The molecular weight excluding hydrogens is 751 g/mol. The fraction of sp³-hybridized carbons (Fsp3) is 0.256. The molecule has 0 saturated heterocycles. The lowest BCUT2D eigenvalue weighted by Gasteiger charge is -2.27. The van der Waals surface area contributed by atoms with Gasteiger partial charge in [0.25, 0.3) is 0 Å². The van der Waals surface area contributed by atoms with E-state index in [1.54, 1.807) is 12.5 Å². The van der Waals surface area contributed by atoms with E-state index >= 15 is 0 Å². The number of aromatic nitrogens is 8. The van der Waals surface area contributed by atoms with Crippen molar-refractivity contribution in [3.05, 3.63) is 143 Å². The predicted molar refractivity (Wildman–Crippen MR) is 220 cm³/mol. The van der Waals surface area contributed by atoms with Crippen LogP contribution in [0.1, 0.15) is 67.6 Å². The Kier molecular flexibility index (Phi) is 11.8. The Morgan fingerprint density at radius 1 is 0.678 bits per heavy atom. The van der Waals surface area contributed by atoms with Crippen LogP contribution in [-0.2, 0) is 38.8 Å². The van der Waals surface area contributed by atoms with Gasteiger partial charge in [0.05, 0.1) is 23.9 Å². The largest absolute Gasteiger partial charge is 0.476 e. The minimum Gasteiger partial charge on any atom is -0.476 e. The van der Waals surface area contributed by atoms with Gasteiger partial charge in [-0.15, -0.1) is 0 Å². The van der Waals surface area contributed by atoms with E-state index in [1.165, 1.54) is 17.5 Å². The number of carbonyl (C=O) groups is 2. The molecule has 8 aromatic rings. The van der Waals surface area contributed by atoms with E-state index in [1.807, 2.05) is 59.6 Å². The summed E-state index contributed by atoms with van der Waals surface area (Å²) in [6, 6.07) is 24.4. The first-order chi connectivity index (χ1) is 29.0. The highest BCUT2D eigenvalue weighted by molar-refractivity contribution is 5.96. The summed E-state index contributed by atoms with van der Waals surface area (Å²) in [5.41, 5.74) is 11.5. The first-order valence-corrected chi connectivity index (χ1v) is 19.5. The molecule has 8 heterocycles. The number of aromatic amines is 2. The maximum Gasteiger partial charge on any atom is 0.358 e. The van der Waals surface area contributed by atoms with Gasteiger partial charge in [0.1, 0.15) is 47.1 Å². The molecule has 0 fully saturated rings. The fourth-order valence-corrected chi connectivity index (χ4v) is 7.42. The van der Waals surface area contributed by atoms with Crippen LogP contribution in [0.15, 0.2) is 107 Å². The molecule has 6 aromatic heterocycles. The number of carbonyl (C=O) groups excluding carboxylic acids is 1. The molecular formula is C43H43N11O5. The lowest BCUT2D eigenvalue weighted by molar-refractivity contribution is 0.0684. The average molecular weight is 794 g/mol. The van der Waals surface area contributed by atoms with Gasteiger partial charge < -0.3 is 39.7 Å². The standard InChI is InChI=1S/C22H21N5O2.C13H11N5O3.C8H11N/c28-18(8-4-7-15-5-2-1-3-6-15)20-17-13-27(12-10-19(17)29-26-20)22-16-9-11-23-21(16)24-14-25-22;19-13(20)10-8-5-18(4-2-9(8)21-17-10)12-7-1-3-14-11(7)15-6-16-12;9-7-6-8-4-2-1-3-5-8/h1-3,5-6,9,11,14H,4,7-8,10,12-13H2,(H,23,24,25);1,3,6H,2,4-5H2,(H,19,20)(H,14,15,16);1-5H,6-7,9H2. The molecule has 2 aromatic carbocycles. The van der Waals surface area contributed by atoms with Gasteiger partial charge in [-0.2, -0.15) is 0 Å². The van der Waals surface area contributed by atoms with Gasteiger partial charge in [-0.25, -0.2) is 24.7 Å². The molecule has 2 aliphatic heterocycles. The molecule has 2 aliphatic rings. The maximum absolute atomic E-state index is 12.8. The Labute approximate surface area is 338 Å². The maximum atomic E-state index is 12.8. The molecule has 0 radical (unpaired) electrons. The predicted octanol–water partition coefficient (Wildman–Crippen LogP) is 6.11. The zero-order valence-corrected chi connectivity index (χ0v) is 32.3. The number of hydrogen-bond donors (Lipinski definition) is 4. The Bertz CT molecular complexity index is 2650. The van der Waals surface area contributed by atoms with Crippen LogP contribution in [-0.4, -0.2) is 76.7 Å². The number of carboxylic acid groups (broad SMARTS) is 1. The van der Waals surface area contributed by atoms with Gasteiger partial charge in [0.2, 0.25) is 0 Å². The van der Waals surface area contributed by atoms with Crippen LogP contribution in [0, 0.1) is 0 Å². The SMILES string of the molecule is NCCc1ccccc1.O=C(CCCc1ccccc1)c1noc2c1CN(c1ncnc3[nH]ccc13)CC2.O=C(O)c1noc2c1CN(c1ncnc3[nH]ccc13)CC2. The second-order valence-electron chi connectivity index (χ2n) is 14.2. The van der Waals surface area contributed by atoms with Gasteiger partial charge in [0, 0.05) is 55.9 Å². The highest BCUT2D eigenvalue weighted by atomic mass is 16.5. The van der Waals surface area contributed by atoms with Gasteiger partial charge in [-0.3, -0.25) is 4.79 Å². The van der Waals surface area contributed by atoms with Crippen molar-refractivity contribution in [3.8, 4) is 0 Å². The van der Waals surface area contributed by atoms with E-state index in [9.17, 15) is 9.59 Å². The van der Waals surface area contributed by atoms with Crippen LogP contribution in [0.2, 0.25) is 0 Å². The molecule has 0 bridgehead atoms. The highest BCUT2D eigenvalue weighted by Gasteiger charge is 2.30. The number of nitrogens with two attached hydrogens (primary N) is 1. The summed E-state index contributed by atoms with van der Waals surface area (Å²) < 4.78 is 10.6. The number of nitrogens with zero attached hydrogens (tertiary/aromatic N) is 8. The number of aromatic carboxylic acids is 1. The van der Waals surface area contributed by atoms with Crippen LogP contribution < -0.4 is 15.5 Å². The van der Waals surface area contributed by atoms with E-state index < -0.39 is 5.97 Å². The Morgan fingerprint density at radius 2 is 1.19 bits per heavy atom. The summed E-state index contributed by atoms with van der Waals surface area (Å²) in [4.78, 5) is 51.5. The summed E-state index contributed by atoms with van der Waals surface area (Å²) in [7, 11) is 0. The Hall–Kier alpha value is -7.20. The zero-order valence-electron chi connectivity index (χ0n) is 32.3. The van der Waals surface area contributed by atoms with Gasteiger partial charge >= 0.3 is 5.97 Å². The van der Waals surface area contributed by atoms with Crippen molar-refractivity contribution in [2.75, 3.05) is 29.4 Å². The number of carboxylic acids is 1. The summed E-state index contributed by atoms with van der Waals surface area (Å²) in [6.45, 7) is 3.18. The summed E-state index contributed by atoms with van der Waals surface area (Å²) in [6.07, 6.45) is 11.2. The first-order valence-electron chi connectivity index (χ1n) is 19.5. The van der Waals surface area contributed by atoms with Crippen molar-refractivity contribution in [2.45, 2.75) is 51.6 Å².